The molecule has 0 spiro atoms. The average molecular weight is 362 g/mol. The van der Waals surface area contributed by atoms with Gasteiger partial charge in [-0.15, -0.1) is 0 Å². The lowest BCUT2D eigenvalue weighted by Gasteiger charge is -2.04. The number of carbonyl (C=O) groups is 1. The lowest BCUT2D eigenvalue weighted by atomic mass is 10.1. The van der Waals surface area contributed by atoms with Gasteiger partial charge in [0.25, 0.3) is 5.91 Å². The van der Waals surface area contributed by atoms with Gasteiger partial charge in [-0.05, 0) is 42.0 Å². The number of anilines is 1. The third-order valence-electron chi connectivity index (χ3n) is 2.63. The molecular weight excluding hydrogens is 352 g/mol. The maximum Gasteiger partial charge on any atom is 0.266 e. The lowest BCUT2D eigenvalue weighted by Crippen LogP contribution is -2.13. The fraction of sp³-hybridized carbons (Fsp3) is 0. The van der Waals surface area contributed by atoms with Crippen LogP contribution in [0.15, 0.2) is 58.6 Å². The average Bonchev–Trinajstić information content (AvgIpc) is 2.46. The Morgan fingerprint density at radius 2 is 1.95 bits per heavy atom. The first-order chi connectivity index (χ1) is 10.1. The number of carbonyl (C=O) groups excluding carboxylic acids is 1. The molecule has 0 aliphatic carbocycles. The minimum atomic E-state index is -0.453. The number of hydrogen-bond donors (Lipinski definition) is 1. The largest absolute Gasteiger partial charge is 0.321 e. The Balaban J connectivity index is 2.19. The molecule has 0 atom stereocenters. The SMILES string of the molecule is N#CC(=Cc1ccc(Cl)cc1)C(=O)Nc1cccc(Br)c1. The first kappa shape index (κ1) is 15.3. The number of nitrogens with zero attached hydrogens (tertiary/aromatic N) is 1. The van der Waals surface area contributed by atoms with Crippen molar-refractivity contribution in [1.82, 2.24) is 0 Å². The summed E-state index contributed by atoms with van der Waals surface area (Å²) in [6.45, 7) is 0. The molecule has 5 heteroatoms. The van der Waals surface area contributed by atoms with Crippen molar-refractivity contribution in [2.75, 3.05) is 5.32 Å². The van der Waals surface area contributed by atoms with Crippen LogP contribution in [-0.4, -0.2) is 5.91 Å². The van der Waals surface area contributed by atoms with Gasteiger partial charge in [0.2, 0.25) is 0 Å². The quantitative estimate of drug-likeness (QED) is 0.639. The van der Waals surface area contributed by atoms with Crippen LogP contribution in [0, 0.1) is 11.3 Å². The number of halogens is 2. The van der Waals surface area contributed by atoms with Crippen molar-refractivity contribution in [2.45, 2.75) is 0 Å². The topological polar surface area (TPSA) is 52.9 Å². The second kappa shape index (κ2) is 7.07. The number of amides is 1. The molecule has 0 radical (unpaired) electrons. The molecule has 0 aromatic heterocycles. The summed E-state index contributed by atoms with van der Waals surface area (Å²) in [6.07, 6.45) is 1.52. The van der Waals surface area contributed by atoms with Crippen LogP contribution in [-0.2, 0) is 4.79 Å². The first-order valence-corrected chi connectivity index (χ1v) is 7.20. The fourth-order valence-electron chi connectivity index (χ4n) is 1.64. The van der Waals surface area contributed by atoms with Gasteiger partial charge >= 0.3 is 0 Å². The highest BCUT2D eigenvalue weighted by Crippen LogP contribution is 2.17. The monoisotopic (exact) mass is 360 g/mol. The van der Waals surface area contributed by atoms with E-state index in [0.29, 0.717) is 10.7 Å². The van der Waals surface area contributed by atoms with Crippen LogP contribution < -0.4 is 5.32 Å². The smallest absolute Gasteiger partial charge is 0.266 e. The highest BCUT2D eigenvalue weighted by Gasteiger charge is 2.09. The second-order valence-electron chi connectivity index (χ2n) is 4.19. The van der Waals surface area contributed by atoms with Gasteiger partial charge in [0.05, 0.1) is 0 Å². The van der Waals surface area contributed by atoms with E-state index in [1.807, 2.05) is 12.1 Å². The molecule has 2 aromatic rings. The molecule has 0 saturated carbocycles. The van der Waals surface area contributed by atoms with Crippen molar-refractivity contribution in [3.8, 4) is 6.07 Å². The van der Waals surface area contributed by atoms with E-state index in [1.165, 1.54) is 6.08 Å². The molecule has 0 fully saturated rings. The third kappa shape index (κ3) is 4.45. The summed E-state index contributed by atoms with van der Waals surface area (Å²) in [5.41, 5.74) is 1.38. The summed E-state index contributed by atoms with van der Waals surface area (Å²) in [6, 6.07) is 16.0. The molecular formula is C16H10BrClN2O. The Labute approximate surface area is 136 Å². The van der Waals surface area contributed by atoms with Gasteiger partial charge in [0.1, 0.15) is 11.6 Å². The maximum absolute atomic E-state index is 12.1. The van der Waals surface area contributed by atoms with E-state index in [4.69, 9.17) is 16.9 Å². The molecule has 0 aliphatic heterocycles. The summed E-state index contributed by atoms with van der Waals surface area (Å²) < 4.78 is 0.848. The molecule has 21 heavy (non-hydrogen) atoms. The molecule has 0 saturated heterocycles. The molecule has 0 aliphatic rings. The van der Waals surface area contributed by atoms with Crippen LogP contribution >= 0.6 is 27.5 Å². The molecule has 2 aromatic carbocycles. The Morgan fingerprint density at radius 3 is 2.57 bits per heavy atom. The van der Waals surface area contributed by atoms with E-state index < -0.39 is 5.91 Å². The van der Waals surface area contributed by atoms with Gasteiger partial charge in [0, 0.05) is 15.2 Å². The number of rotatable bonds is 3. The van der Waals surface area contributed by atoms with Crippen LogP contribution in [0.25, 0.3) is 6.08 Å². The highest BCUT2D eigenvalue weighted by atomic mass is 79.9. The van der Waals surface area contributed by atoms with E-state index in [0.717, 1.165) is 10.0 Å². The molecule has 1 amide bonds. The Bertz CT molecular complexity index is 733. The Hall–Kier alpha value is -2.09. The van der Waals surface area contributed by atoms with Crippen LogP contribution in [0.1, 0.15) is 5.56 Å². The Kier molecular flexibility index (Phi) is 5.15. The molecule has 2 rings (SSSR count). The normalized spacial score (nSPS) is 10.8. The number of benzene rings is 2. The highest BCUT2D eigenvalue weighted by molar-refractivity contribution is 9.10. The molecule has 0 unspecified atom stereocenters. The predicted octanol–water partition coefficient (Wildman–Crippen LogP) is 4.65. The van der Waals surface area contributed by atoms with Crippen molar-refractivity contribution >= 4 is 45.2 Å². The number of nitriles is 1. The number of hydrogen-bond acceptors (Lipinski definition) is 2. The van der Waals surface area contributed by atoms with E-state index in [9.17, 15) is 4.79 Å². The molecule has 0 heterocycles. The van der Waals surface area contributed by atoms with Gasteiger partial charge in [-0.3, -0.25) is 4.79 Å². The van der Waals surface area contributed by atoms with Crippen LogP contribution in [0.2, 0.25) is 5.02 Å². The van der Waals surface area contributed by atoms with Crippen molar-refractivity contribution < 1.29 is 4.79 Å². The van der Waals surface area contributed by atoms with Crippen LogP contribution in [0.4, 0.5) is 5.69 Å². The predicted molar refractivity (Wildman–Crippen MR) is 87.8 cm³/mol. The van der Waals surface area contributed by atoms with Gasteiger partial charge in [-0.2, -0.15) is 5.26 Å². The number of nitrogens with one attached hydrogen (secondary N) is 1. The van der Waals surface area contributed by atoms with E-state index >= 15 is 0 Å². The van der Waals surface area contributed by atoms with Gasteiger partial charge in [-0.25, -0.2) is 0 Å². The van der Waals surface area contributed by atoms with Gasteiger partial charge in [-0.1, -0.05) is 45.7 Å². The minimum Gasteiger partial charge on any atom is -0.321 e. The van der Waals surface area contributed by atoms with Crippen molar-refractivity contribution in [2.24, 2.45) is 0 Å². The zero-order valence-electron chi connectivity index (χ0n) is 10.8. The van der Waals surface area contributed by atoms with E-state index in [1.54, 1.807) is 42.5 Å². The Morgan fingerprint density at radius 1 is 1.24 bits per heavy atom. The standard InChI is InChI=1S/C16H10BrClN2O/c17-13-2-1-3-15(9-13)20-16(21)12(10-19)8-11-4-6-14(18)7-5-11/h1-9H,(H,20,21). The van der Waals surface area contributed by atoms with Crippen molar-refractivity contribution in [3.05, 3.63) is 69.2 Å². The molecule has 0 bridgehead atoms. The van der Waals surface area contributed by atoms with Crippen molar-refractivity contribution in [1.29, 1.82) is 5.26 Å². The summed E-state index contributed by atoms with van der Waals surface area (Å²) in [4.78, 5) is 12.1. The summed E-state index contributed by atoms with van der Waals surface area (Å²) >= 11 is 9.12. The lowest BCUT2D eigenvalue weighted by molar-refractivity contribution is -0.112. The summed E-state index contributed by atoms with van der Waals surface area (Å²) in [7, 11) is 0. The zero-order chi connectivity index (χ0) is 15.2. The summed E-state index contributed by atoms with van der Waals surface area (Å²) in [5.74, 6) is -0.453. The molecule has 3 nitrogen and oxygen atoms in total. The summed E-state index contributed by atoms with van der Waals surface area (Å²) in [5, 5.41) is 12.4. The molecule has 1 N–H and O–H groups in total. The third-order valence-corrected chi connectivity index (χ3v) is 3.37. The van der Waals surface area contributed by atoms with Crippen molar-refractivity contribution in [3.63, 3.8) is 0 Å². The minimum absolute atomic E-state index is 0.0253. The fourth-order valence-corrected chi connectivity index (χ4v) is 2.16. The second-order valence-corrected chi connectivity index (χ2v) is 5.54. The van der Waals surface area contributed by atoms with Crippen LogP contribution in [0.5, 0.6) is 0 Å². The van der Waals surface area contributed by atoms with Gasteiger partial charge < -0.3 is 5.32 Å². The molecule has 104 valence electrons. The van der Waals surface area contributed by atoms with Gasteiger partial charge in [0.15, 0.2) is 0 Å². The first-order valence-electron chi connectivity index (χ1n) is 6.03. The van der Waals surface area contributed by atoms with E-state index in [-0.39, 0.29) is 5.57 Å². The zero-order valence-corrected chi connectivity index (χ0v) is 13.1. The maximum atomic E-state index is 12.1. The van der Waals surface area contributed by atoms with Crippen LogP contribution in [0.3, 0.4) is 0 Å². The van der Waals surface area contributed by atoms with E-state index in [2.05, 4.69) is 21.2 Å².